The van der Waals surface area contributed by atoms with Crippen LogP contribution in [0.2, 0.25) is 0 Å². The lowest BCUT2D eigenvalue weighted by atomic mass is 9.94. The minimum atomic E-state index is -0.938. The molecule has 2 rings (SSSR count). The van der Waals surface area contributed by atoms with Gasteiger partial charge in [0.15, 0.2) is 0 Å². The third-order valence-electron chi connectivity index (χ3n) is 2.56. The summed E-state index contributed by atoms with van der Waals surface area (Å²) >= 11 is 0. The van der Waals surface area contributed by atoms with Crippen LogP contribution < -0.4 is 0 Å². The van der Waals surface area contributed by atoms with Crippen LogP contribution in [0.5, 0.6) is 5.75 Å². The normalized spacial score (nSPS) is 12.2. The van der Waals surface area contributed by atoms with Crippen LogP contribution in [0, 0.1) is 0 Å². The van der Waals surface area contributed by atoms with E-state index in [-0.39, 0.29) is 12.2 Å². The van der Waals surface area contributed by atoms with Gasteiger partial charge in [0.2, 0.25) is 0 Å². The molecule has 1 atom stereocenters. The van der Waals surface area contributed by atoms with Gasteiger partial charge in [-0.2, -0.15) is 0 Å². The highest BCUT2D eigenvalue weighted by atomic mass is 16.4. The molecule has 2 N–H and O–H groups in total. The number of aliphatic carboxylic acids is 1. The molecule has 1 unspecified atom stereocenters. The quantitative estimate of drug-likeness (QED) is 0.849. The van der Waals surface area contributed by atoms with Crippen LogP contribution in [0.3, 0.4) is 0 Å². The summed E-state index contributed by atoms with van der Waals surface area (Å²) in [7, 11) is 0. The van der Waals surface area contributed by atoms with E-state index >= 15 is 0 Å². The number of phenolic OH excluding ortho intramolecular Hbond substituents is 1. The maximum absolute atomic E-state index is 11.2. The molecule has 2 aromatic rings. The zero-order chi connectivity index (χ0) is 12.3. The molecule has 0 radical (unpaired) electrons. The van der Waals surface area contributed by atoms with Crippen LogP contribution in [0.25, 0.3) is 0 Å². The fourth-order valence-corrected chi connectivity index (χ4v) is 1.72. The summed E-state index contributed by atoms with van der Waals surface area (Å²) in [5.74, 6) is -0.978. The number of furan rings is 1. The van der Waals surface area contributed by atoms with E-state index in [1.165, 1.54) is 18.4 Å². The Morgan fingerprint density at radius 1 is 1.29 bits per heavy atom. The zero-order valence-corrected chi connectivity index (χ0v) is 9.04. The van der Waals surface area contributed by atoms with Crippen molar-refractivity contribution in [3.63, 3.8) is 0 Å². The predicted molar refractivity (Wildman–Crippen MR) is 60.9 cm³/mol. The number of benzene rings is 1. The zero-order valence-electron chi connectivity index (χ0n) is 9.04. The molecule has 0 spiro atoms. The first-order chi connectivity index (χ1) is 8.16. The Morgan fingerprint density at radius 3 is 2.71 bits per heavy atom. The van der Waals surface area contributed by atoms with Crippen LogP contribution >= 0.6 is 0 Å². The van der Waals surface area contributed by atoms with Gasteiger partial charge in [-0.1, -0.05) is 12.1 Å². The summed E-state index contributed by atoms with van der Waals surface area (Å²) in [6.45, 7) is 0. The van der Waals surface area contributed by atoms with Crippen molar-refractivity contribution in [1.82, 2.24) is 0 Å². The van der Waals surface area contributed by atoms with Gasteiger partial charge in [0.25, 0.3) is 0 Å². The second-order valence-corrected chi connectivity index (χ2v) is 3.77. The van der Waals surface area contributed by atoms with Gasteiger partial charge in [-0.15, -0.1) is 0 Å². The topological polar surface area (TPSA) is 70.7 Å². The van der Waals surface area contributed by atoms with Crippen molar-refractivity contribution in [2.24, 2.45) is 0 Å². The lowest BCUT2D eigenvalue weighted by Crippen LogP contribution is -2.14. The molecule has 0 aliphatic rings. The Labute approximate surface area is 98.1 Å². The van der Waals surface area contributed by atoms with Gasteiger partial charge in [-0.25, -0.2) is 0 Å². The van der Waals surface area contributed by atoms with Crippen molar-refractivity contribution in [3.05, 3.63) is 54.0 Å². The molecule has 0 aliphatic heterocycles. The summed E-state index contributed by atoms with van der Waals surface area (Å²) in [6, 6.07) is 9.73. The molecule has 1 aromatic carbocycles. The van der Waals surface area contributed by atoms with Crippen LogP contribution in [0.4, 0.5) is 0 Å². The van der Waals surface area contributed by atoms with Gasteiger partial charge in [0.1, 0.15) is 11.5 Å². The van der Waals surface area contributed by atoms with Crippen molar-refractivity contribution in [1.29, 1.82) is 0 Å². The SMILES string of the molecule is O=C(O)C(Cc1ccco1)c1cccc(O)c1. The molecule has 0 saturated heterocycles. The van der Waals surface area contributed by atoms with Crippen molar-refractivity contribution >= 4 is 5.97 Å². The van der Waals surface area contributed by atoms with Gasteiger partial charge >= 0.3 is 5.97 Å². The maximum Gasteiger partial charge on any atom is 0.311 e. The van der Waals surface area contributed by atoms with E-state index in [0.717, 1.165) is 0 Å². The number of hydrogen-bond acceptors (Lipinski definition) is 3. The highest BCUT2D eigenvalue weighted by Gasteiger charge is 2.21. The van der Waals surface area contributed by atoms with Gasteiger partial charge in [-0.05, 0) is 29.8 Å². The summed E-state index contributed by atoms with van der Waals surface area (Å²) in [6.07, 6.45) is 1.78. The van der Waals surface area contributed by atoms with E-state index in [9.17, 15) is 15.0 Å². The van der Waals surface area contributed by atoms with E-state index in [2.05, 4.69) is 0 Å². The molecule has 0 fully saturated rings. The molecule has 17 heavy (non-hydrogen) atoms. The first kappa shape index (κ1) is 11.3. The Morgan fingerprint density at radius 2 is 2.12 bits per heavy atom. The first-order valence-corrected chi connectivity index (χ1v) is 5.21. The average Bonchev–Trinajstić information content (AvgIpc) is 2.78. The molecule has 0 bridgehead atoms. The lowest BCUT2D eigenvalue weighted by Gasteiger charge is -2.11. The number of carboxylic acids is 1. The Hall–Kier alpha value is -2.23. The van der Waals surface area contributed by atoms with Gasteiger partial charge in [-0.3, -0.25) is 4.79 Å². The van der Waals surface area contributed by atoms with Crippen molar-refractivity contribution in [2.75, 3.05) is 0 Å². The molecule has 4 heteroatoms. The van der Waals surface area contributed by atoms with E-state index in [1.807, 2.05) is 0 Å². The van der Waals surface area contributed by atoms with Crippen LogP contribution in [-0.4, -0.2) is 16.2 Å². The Bertz CT molecular complexity index is 502. The number of carbonyl (C=O) groups is 1. The fraction of sp³-hybridized carbons (Fsp3) is 0.154. The Kier molecular flexibility index (Phi) is 3.14. The summed E-state index contributed by atoms with van der Waals surface area (Å²) in [5, 5.41) is 18.5. The molecular weight excluding hydrogens is 220 g/mol. The molecule has 4 nitrogen and oxygen atoms in total. The van der Waals surface area contributed by atoms with Gasteiger partial charge in [0, 0.05) is 6.42 Å². The number of carboxylic acid groups (broad SMARTS) is 1. The molecule has 0 saturated carbocycles. The first-order valence-electron chi connectivity index (χ1n) is 5.21. The van der Waals surface area contributed by atoms with Gasteiger partial charge in [0.05, 0.1) is 12.2 Å². The summed E-state index contributed by atoms with van der Waals surface area (Å²) < 4.78 is 5.14. The van der Waals surface area contributed by atoms with E-state index in [4.69, 9.17) is 4.42 Å². The number of aromatic hydroxyl groups is 1. The monoisotopic (exact) mass is 232 g/mol. The molecule has 0 aliphatic carbocycles. The van der Waals surface area contributed by atoms with Crippen LogP contribution in [0.15, 0.2) is 47.1 Å². The molecule has 1 heterocycles. The maximum atomic E-state index is 11.2. The molecule has 88 valence electrons. The van der Waals surface area contributed by atoms with Crippen molar-refractivity contribution in [2.45, 2.75) is 12.3 Å². The van der Waals surface area contributed by atoms with Crippen molar-refractivity contribution < 1.29 is 19.4 Å². The minimum Gasteiger partial charge on any atom is -0.508 e. The minimum absolute atomic E-state index is 0.0631. The molecular formula is C13H12O4. The smallest absolute Gasteiger partial charge is 0.311 e. The third-order valence-corrected chi connectivity index (χ3v) is 2.56. The second kappa shape index (κ2) is 4.74. The second-order valence-electron chi connectivity index (χ2n) is 3.77. The molecule has 1 aromatic heterocycles. The Balaban J connectivity index is 2.26. The standard InChI is InChI=1S/C13H12O4/c14-10-4-1-3-9(7-10)12(13(15)16)8-11-5-2-6-17-11/h1-7,12,14H,8H2,(H,15,16). The van der Waals surface area contributed by atoms with Crippen LogP contribution in [0.1, 0.15) is 17.2 Å². The van der Waals surface area contributed by atoms with Crippen LogP contribution in [-0.2, 0) is 11.2 Å². The highest BCUT2D eigenvalue weighted by molar-refractivity contribution is 5.76. The van der Waals surface area contributed by atoms with E-state index in [0.29, 0.717) is 11.3 Å². The summed E-state index contributed by atoms with van der Waals surface area (Å²) in [4.78, 5) is 11.2. The largest absolute Gasteiger partial charge is 0.508 e. The van der Waals surface area contributed by atoms with E-state index in [1.54, 1.807) is 24.3 Å². The third kappa shape index (κ3) is 2.66. The van der Waals surface area contributed by atoms with Gasteiger partial charge < -0.3 is 14.6 Å². The number of hydrogen-bond donors (Lipinski definition) is 2. The fourth-order valence-electron chi connectivity index (χ4n) is 1.72. The van der Waals surface area contributed by atoms with E-state index < -0.39 is 11.9 Å². The summed E-state index contributed by atoms with van der Waals surface area (Å²) in [5.41, 5.74) is 0.564. The highest BCUT2D eigenvalue weighted by Crippen LogP contribution is 2.24. The average molecular weight is 232 g/mol. The van der Waals surface area contributed by atoms with Crippen molar-refractivity contribution in [3.8, 4) is 5.75 Å². The predicted octanol–water partition coefficient (Wildman–Crippen LogP) is 2.40. The number of phenols is 1. The lowest BCUT2D eigenvalue weighted by molar-refractivity contribution is -0.138. The molecule has 0 amide bonds. The number of rotatable bonds is 4.